The van der Waals surface area contributed by atoms with Crippen LogP contribution in [0.15, 0.2) is 29.7 Å². The molecule has 1 amide bonds. The normalized spacial score (nSPS) is 29.8. The molecule has 2 unspecified atom stereocenters. The molecule has 1 N–H and O–H groups in total. The van der Waals surface area contributed by atoms with Gasteiger partial charge in [-0.1, -0.05) is 18.2 Å². The number of allylic oxidation sites excluding steroid dienone is 2. The zero-order valence-electron chi connectivity index (χ0n) is 11.9. The van der Waals surface area contributed by atoms with Crippen molar-refractivity contribution in [3.05, 3.63) is 34.5 Å². The lowest BCUT2D eigenvalue weighted by atomic mass is 9.82. The highest BCUT2D eigenvalue weighted by molar-refractivity contribution is 7.09. The smallest absolute Gasteiger partial charge is 0.307 e. The lowest BCUT2D eigenvalue weighted by Gasteiger charge is -2.30. The van der Waals surface area contributed by atoms with E-state index in [-0.39, 0.29) is 17.7 Å². The average Bonchev–Trinajstić information content (AvgIpc) is 3.19. The van der Waals surface area contributed by atoms with E-state index in [2.05, 4.69) is 0 Å². The summed E-state index contributed by atoms with van der Waals surface area (Å²) >= 11 is 1.62. The second-order valence-electron chi connectivity index (χ2n) is 5.77. The number of rotatable bonds is 5. The summed E-state index contributed by atoms with van der Waals surface area (Å²) in [5.41, 5.74) is 0. The van der Waals surface area contributed by atoms with E-state index in [0.717, 1.165) is 11.3 Å². The zero-order chi connectivity index (χ0) is 15.0. The number of hydrogen-bond acceptors (Lipinski definition) is 3. The fourth-order valence-corrected chi connectivity index (χ4v) is 4.36. The van der Waals surface area contributed by atoms with E-state index >= 15 is 0 Å². The van der Waals surface area contributed by atoms with Gasteiger partial charge in [0.1, 0.15) is 0 Å². The highest BCUT2D eigenvalue weighted by Crippen LogP contribution is 2.48. The molecule has 1 saturated carbocycles. The Balaban J connectivity index is 1.79. The van der Waals surface area contributed by atoms with E-state index in [4.69, 9.17) is 0 Å². The molecule has 0 radical (unpaired) electrons. The Kier molecular flexibility index (Phi) is 3.85. The van der Waals surface area contributed by atoms with Crippen LogP contribution >= 0.6 is 11.3 Å². The molecule has 5 heteroatoms. The van der Waals surface area contributed by atoms with Gasteiger partial charge in [-0.15, -0.1) is 11.3 Å². The number of carbonyl (C=O) groups excluding carboxylic acids is 1. The molecule has 1 aromatic rings. The quantitative estimate of drug-likeness (QED) is 0.851. The number of amides is 1. The minimum atomic E-state index is -0.836. The van der Waals surface area contributed by atoms with Crippen LogP contribution < -0.4 is 0 Å². The molecule has 0 aliphatic heterocycles. The van der Waals surface area contributed by atoms with Crippen LogP contribution in [-0.2, 0) is 16.1 Å². The van der Waals surface area contributed by atoms with Gasteiger partial charge in [0.2, 0.25) is 5.91 Å². The van der Waals surface area contributed by atoms with E-state index < -0.39 is 17.8 Å². The fourth-order valence-electron chi connectivity index (χ4n) is 3.64. The number of carboxylic acid groups (broad SMARTS) is 1. The van der Waals surface area contributed by atoms with Crippen molar-refractivity contribution in [2.24, 2.45) is 23.7 Å². The number of aliphatic carboxylic acids is 1. The largest absolute Gasteiger partial charge is 0.481 e. The molecule has 1 fully saturated rings. The Morgan fingerprint density at radius 3 is 2.62 bits per heavy atom. The highest BCUT2D eigenvalue weighted by atomic mass is 32.1. The number of nitrogens with zero attached hydrogens (tertiary/aromatic N) is 1. The Morgan fingerprint density at radius 1 is 1.33 bits per heavy atom. The van der Waals surface area contributed by atoms with Crippen molar-refractivity contribution in [2.45, 2.75) is 19.9 Å². The van der Waals surface area contributed by atoms with Crippen molar-refractivity contribution in [3.8, 4) is 0 Å². The molecule has 2 aliphatic carbocycles. The summed E-state index contributed by atoms with van der Waals surface area (Å²) < 4.78 is 0. The number of carboxylic acids is 1. The maximum absolute atomic E-state index is 12.8. The minimum absolute atomic E-state index is 0.00449. The molecule has 4 nitrogen and oxygen atoms in total. The Labute approximate surface area is 128 Å². The minimum Gasteiger partial charge on any atom is -0.481 e. The molecular formula is C16H19NO3S. The van der Waals surface area contributed by atoms with E-state index in [1.54, 1.807) is 16.2 Å². The summed E-state index contributed by atoms with van der Waals surface area (Å²) in [6, 6.07) is 3.98. The third kappa shape index (κ3) is 2.50. The highest BCUT2D eigenvalue weighted by Gasteiger charge is 2.52. The van der Waals surface area contributed by atoms with Gasteiger partial charge >= 0.3 is 5.97 Å². The molecule has 0 aromatic carbocycles. The maximum atomic E-state index is 12.8. The SMILES string of the molecule is CCN(Cc1cccs1)C(=O)[C@H]1C2C=CC(C2)[C@H]1C(=O)O. The van der Waals surface area contributed by atoms with Crippen molar-refractivity contribution in [2.75, 3.05) is 6.54 Å². The molecule has 2 bridgehead atoms. The van der Waals surface area contributed by atoms with Gasteiger partial charge in [-0.05, 0) is 36.6 Å². The molecule has 0 spiro atoms. The third-order valence-electron chi connectivity index (χ3n) is 4.65. The first kappa shape index (κ1) is 14.3. The van der Waals surface area contributed by atoms with Crippen molar-refractivity contribution >= 4 is 23.2 Å². The van der Waals surface area contributed by atoms with Crippen molar-refractivity contribution in [3.63, 3.8) is 0 Å². The number of carbonyl (C=O) groups is 2. The summed E-state index contributed by atoms with van der Waals surface area (Å²) in [5, 5.41) is 11.5. The van der Waals surface area contributed by atoms with Crippen LogP contribution in [0, 0.1) is 23.7 Å². The van der Waals surface area contributed by atoms with Gasteiger partial charge in [-0.2, -0.15) is 0 Å². The molecule has 21 heavy (non-hydrogen) atoms. The van der Waals surface area contributed by atoms with E-state index in [1.165, 1.54) is 0 Å². The van der Waals surface area contributed by atoms with Gasteiger partial charge in [0.05, 0.1) is 18.4 Å². The molecule has 1 aromatic heterocycles. The summed E-state index contributed by atoms with van der Waals surface area (Å²) in [6.45, 7) is 3.14. The number of thiophene rings is 1. The third-order valence-corrected chi connectivity index (χ3v) is 5.51. The van der Waals surface area contributed by atoms with E-state index in [1.807, 2.05) is 36.6 Å². The van der Waals surface area contributed by atoms with Gasteiger partial charge in [0.15, 0.2) is 0 Å². The van der Waals surface area contributed by atoms with Gasteiger partial charge in [0, 0.05) is 11.4 Å². The number of fused-ring (bicyclic) bond motifs is 2. The van der Waals surface area contributed by atoms with Crippen molar-refractivity contribution in [1.82, 2.24) is 4.90 Å². The molecule has 1 heterocycles. The fraction of sp³-hybridized carbons (Fsp3) is 0.500. The first-order chi connectivity index (χ1) is 10.1. The second-order valence-corrected chi connectivity index (χ2v) is 6.80. The van der Waals surface area contributed by atoms with Gasteiger partial charge in [0.25, 0.3) is 0 Å². The average molecular weight is 305 g/mol. The molecule has 4 atom stereocenters. The lowest BCUT2D eigenvalue weighted by Crippen LogP contribution is -2.42. The van der Waals surface area contributed by atoms with Crippen LogP contribution in [-0.4, -0.2) is 28.4 Å². The predicted octanol–water partition coefficient (Wildman–Crippen LogP) is 2.62. The van der Waals surface area contributed by atoms with Crippen LogP contribution in [0.1, 0.15) is 18.2 Å². The standard InChI is InChI=1S/C16H19NO3S/c1-2-17(9-12-4-3-7-21-12)15(18)13-10-5-6-11(8-10)14(13)16(19)20/h3-7,10-11,13-14H,2,8-9H2,1H3,(H,19,20)/t10?,11?,13-,14+/m0/s1. The van der Waals surface area contributed by atoms with Crippen molar-refractivity contribution in [1.29, 1.82) is 0 Å². The first-order valence-electron chi connectivity index (χ1n) is 7.34. The summed E-state index contributed by atoms with van der Waals surface area (Å²) in [5.74, 6) is -1.65. The van der Waals surface area contributed by atoms with Crippen LogP contribution in [0.25, 0.3) is 0 Å². The van der Waals surface area contributed by atoms with Crippen LogP contribution in [0.2, 0.25) is 0 Å². The van der Waals surface area contributed by atoms with Crippen LogP contribution in [0.5, 0.6) is 0 Å². The summed E-state index contributed by atoms with van der Waals surface area (Å²) in [6.07, 6.45) is 4.82. The van der Waals surface area contributed by atoms with Gasteiger partial charge in [-0.25, -0.2) is 0 Å². The molecule has 0 saturated heterocycles. The lowest BCUT2D eigenvalue weighted by molar-refractivity contribution is -0.151. The number of hydrogen-bond donors (Lipinski definition) is 1. The molecular weight excluding hydrogens is 286 g/mol. The van der Waals surface area contributed by atoms with Crippen LogP contribution in [0.4, 0.5) is 0 Å². The topological polar surface area (TPSA) is 57.6 Å². The Morgan fingerprint density at radius 2 is 2.05 bits per heavy atom. The Hall–Kier alpha value is -1.62. The van der Waals surface area contributed by atoms with E-state index in [0.29, 0.717) is 13.1 Å². The van der Waals surface area contributed by atoms with Crippen molar-refractivity contribution < 1.29 is 14.7 Å². The summed E-state index contributed by atoms with van der Waals surface area (Å²) in [7, 11) is 0. The van der Waals surface area contributed by atoms with Gasteiger partial charge in [-0.3, -0.25) is 9.59 Å². The van der Waals surface area contributed by atoms with Gasteiger partial charge < -0.3 is 10.0 Å². The molecule has 2 aliphatic rings. The van der Waals surface area contributed by atoms with Crippen LogP contribution in [0.3, 0.4) is 0 Å². The Bertz CT molecular complexity index is 566. The molecule has 3 rings (SSSR count). The monoisotopic (exact) mass is 305 g/mol. The summed E-state index contributed by atoms with van der Waals surface area (Å²) in [4.78, 5) is 27.3. The molecule has 112 valence electrons. The predicted molar refractivity (Wildman–Crippen MR) is 80.8 cm³/mol. The maximum Gasteiger partial charge on any atom is 0.307 e. The zero-order valence-corrected chi connectivity index (χ0v) is 12.8. The van der Waals surface area contributed by atoms with E-state index in [9.17, 15) is 14.7 Å². The first-order valence-corrected chi connectivity index (χ1v) is 8.22. The second kappa shape index (κ2) is 5.64.